The Morgan fingerprint density at radius 2 is 1.44 bits per heavy atom. The zero-order valence-corrected chi connectivity index (χ0v) is 10.3. The fourth-order valence-corrected chi connectivity index (χ4v) is 2.12. The summed E-state index contributed by atoms with van der Waals surface area (Å²) in [5.74, 6) is 0. The van der Waals surface area contributed by atoms with Crippen LogP contribution >= 0.6 is 0 Å². The van der Waals surface area contributed by atoms with Crippen LogP contribution in [-0.4, -0.2) is 16.8 Å². The molecule has 2 rings (SSSR count). The molecule has 2 nitrogen and oxygen atoms in total. The Labute approximate surface area is 108 Å². The van der Waals surface area contributed by atoms with Crippen molar-refractivity contribution in [3.05, 3.63) is 71.3 Å². The fourth-order valence-electron chi connectivity index (χ4n) is 2.12. The lowest BCUT2D eigenvalue weighted by Gasteiger charge is -2.14. The van der Waals surface area contributed by atoms with Crippen molar-refractivity contribution in [2.24, 2.45) is 0 Å². The summed E-state index contributed by atoms with van der Waals surface area (Å²) < 4.78 is 0. The number of aliphatic hydroxyl groups is 2. The van der Waals surface area contributed by atoms with Crippen molar-refractivity contribution in [2.45, 2.75) is 18.9 Å². The van der Waals surface area contributed by atoms with Gasteiger partial charge in [0.1, 0.15) is 0 Å². The molecule has 2 N–H and O–H groups in total. The van der Waals surface area contributed by atoms with E-state index in [1.54, 1.807) is 0 Å². The van der Waals surface area contributed by atoms with Crippen molar-refractivity contribution < 1.29 is 10.2 Å². The van der Waals surface area contributed by atoms with Crippen LogP contribution in [0.2, 0.25) is 0 Å². The second-order valence-corrected chi connectivity index (χ2v) is 4.37. The van der Waals surface area contributed by atoms with Crippen molar-refractivity contribution in [2.75, 3.05) is 6.61 Å². The highest BCUT2D eigenvalue weighted by Gasteiger charge is 2.10. The summed E-state index contributed by atoms with van der Waals surface area (Å²) in [6.07, 6.45) is 0.726. The molecule has 18 heavy (non-hydrogen) atoms. The van der Waals surface area contributed by atoms with Gasteiger partial charge in [0.15, 0.2) is 0 Å². The van der Waals surface area contributed by atoms with E-state index in [1.165, 1.54) is 0 Å². The molecule has 0 aromatic heterocycles. The van der Waals surface area contributed by atoms with E-state index >= 15 is 0 Å². The third-order valence-electron chi connectivity index (χ3n) is 3.10. The molecule has 2 aromatic carbocycles. The molecule has 0 saturated heterocycles. The van der Waals surface area contributed by atoms with Crippen LogP contribution in [0, 0.1) is 0 Å². The molecule has 0 amide bonds. The Kier molecular flexibility index (Phi) is 4.51. The molecule has 0 bridgehead atoms. The predicted molar refractivity (Wildman–Crippen MR) is 72.3 cm³/mol. The smallest absolute Gasteiger partial charge is 0.0830 e. The first-order valence-corrected chi connectivity index (χ1v) is 6.22. The minimum absolute atomic E-state index is 0.137. The van der Waals surface area contributed by atoms with E-state index in [0.29, 0.717) is 12.8 Å². The maximum atomic E-state index is 10.2. The first kappa shape index (κ1) is 12.8. The Bertz CT molecular complexity index is 479. The van der Waals surface area contributed by atoms with Gasteiger partial charge in [0.25, 0.3) is 0 Å². The lowest BCUT2D eigenvalue weighted by molar-refractivity contribution is 0.178. The quantitative estimate of drug-likeness (QED) is 0.845. The number of rotatable bonds is 5. The highest BCUT2D eigenvalue weighted by molar-refractivity contribution is 5.29. The molecule has 2 heteroatoms. The molecule has 94 valence electrons. The molecule has 0 aliphatic rings. The van der Waals surface area contributed by atoms with E-state index in [0.717, 1.165) is 16.7 Å². The zero-order valence-electron chi connectivity index (χ0n) is 10.3. The number of benzene rings is 2. The van der Waals surface area contributed by atoms with Gasteiger partial charge in [0, 0.05) is 13.0 Å². The van der Waals surface area contributed by atoms with Gasteiger partial charge in [-0.1, -0.05) is 54.6 Å². The van der Waals surface area contributed by atoms with Gasteiger partial charge in [-0.15, -0.1) is 0 Å². The molecule has 2 aromatic rings. The van der Waals surface area contributed by atoms with Crippen LogP contribution in [0.1, 0.15) is 22.8 Å². The molecule has 0 aliphatic carbocycles. The average molecular weight is 242 g/mol. The van der Waals surface area contributed by atoms with Crippen LogP contribution < -0.4 is 0 Å². The molecule has 0 saturated carbocycles. The van der Waals surface area contributed by atoms with Gasteiger partial charge in [-0.25, -0.2) is 0 Å². The first-order valence-electron chi connectivity index (χ1n) is 6.22. The normalized spacial score (nSPS) is 12.3. The van der Waals surface area contributed by atoms with E-state index in [-0.39, 0.29) is 6.61 Å². The molecule has 0 heterocycles. The molecule has 0 fully saturated rings. The first-order chi connectivity index (χ1) is 8.81. The van der Waals surface area contributed by atoms with Crippen LogP contribution in [0.15, 0.2) is 54.6 Å². The minimum Gasteiger partial charge on any atom is -0.396 e. The lowest BCUT2D eigenvalue weighted by Crippen LogP contribution is -2.05. The maximum Gasteiger partial charge on any atom is 0.0830 e. The molecule has 1 atom stereocenters. The van der Waals surface area contributed by atoms with Crippen molar-refractivity contribution >= 4 is 0 Å². The summed E-state index contributed by atoms with van der Waals surface area (Å²) >= 11 is 0. The van der Waals surface area contributed by atoms with E-state index in [2.05, 4.69) is 0 Å². The summed E-state index contributed by atoms with van der Waals surface area (Å²) in [7, 11) is 0. The van der Waals surface area contributed by atoms with E-state index in [1.807, 2.05) is 54.6 Å². The fraction of sp³-hybridized carbons (Fsp3) is 0.250. The Morgan fingerprint density at radius 3 is 2.11 bits per heavy atom. The highest BCUT2D eigenvalue weighted by atomic mass is 16.3. The molecule has 0 aliphatic heterocycles. The lowest BCUT2D eigenvalue weighted by atomic mass is 9.96. The Morgan fingerprint density at radius 1 is 0.833 bits per heavy atom. The van der Waals surface area contributed by atoms with Crippen molar-refractivity contribution in [1.82, 2.24) is 0 Å². The predicted octanol–water partition coefficient (Wildman–Crippen LogP) is 2.50. The summed E-state index contributed by atoms with van der Waals surface area (Å²) in [5.41, 5.74) is 3.13. The van der Waals surface area contributed by atoms with Crippen LogP contribution in [0.25, 0.3) is 0 Å². The topological polar surface area (TPSA) is 40.5 Å². The van der Waals surface area contributed by atoms with Gasteiger partial charge in [-0.3, -0.25) is 0 Å². The molecular formula is C16H18O2. The summed E-state index contributed by atoms with van der Waals surface area (Å²) in [6.45, 7) is 0.137. The Balaban J connectivity index is 2.14. The van der Waals surface area contributed by atoms with Gasteiger partial charge < -0.3 is 10.2 Å². The van der Waals surface area contributed by atoms with Crippen LogP contribution in [0.5, 0.6) is 0 Å². The number of hydrogen-bond acceptors (Lipinski definition) is 2. The second kappa shape index (κ2) is 6.34. The van der Waals surface area contributed by atoms with E-state index < -0.39 is 6.10 Å². The summed E-state index contributed by atoms with van der Waals surface area (Å²) in [5, 5.41) is 19.2. The van der Waals surface area contributed by atoms with E-state index in [4.69, 9.17) is 5.11 Å². The van der Waals surface area contributed by atoms with Gasteiger partial charge in [-0.2, -0.15) is 0 Å². The largest absolute Gasteiger partial charge is 0.396 e. The second-order valence-electron chi connectivity index (χ2n) is 4.37. The van der Waals surface area contributed by atoms with Crippen molar-refractivity contribution in [3.8, 4) is 0 Å². The monoisotopic (exact) mass is 242 g/mol. The highest BCUT2D eigenvalue weighted by Crippen LogP contribution is 2.20. The standard InChI is InChI=1S/C16H18O2/c17-11-10-13-6-4-5-9-15(13)12-16(18)14-7-2-1-3-8-14/h1-9,16-18H,10-12H2. The summed E-state index contributed by atoms with van der Waals surface area (Å²) in [6, 6.07) is 17.6. The molecule has 1 unspecified atom stereocenters. The maximum absolute atomic E-state index is 10.2. The minimum atomic E-state index is -0.494. The van der Waals surface area contributed by atoms with Gasteiger partial charge >= 0.3 is 0 Å². The number of hydrogen-bond donors (Lipinski definition) is 2. The SMILES string of the molecule is OCCc1ccccc1CC(O)c1ccccc1. The van der Waals surface area contributed by atoms with Crippen molar-refractivity contribution in [1.29, 1.82) is 0 Å². The van der Waals surface area contributed by atoms with Crippen LogP contribution in [0.4, 0.5) is 0 Å². The van der Waals surface area contributed by atoms with Gasteiger partial charge in [0.2, 0.25) is 0 Å². The van der Waals surface area contributed by atoms with Gasteiger partial charge in [-0.05, 0) is 23.1 Å². The third-order valence-corrected chi connectivity index (χ3v) is 3.10. The Hall–Kier alpha value is -1.64. The van der Waals surface area contributed by atoms with Crippen LogP contribution in [-0.2, 0) is 12.8 Å². The number of aliphatic hydroxyl groups excluding tert-OH is 2. The van der Waals surface area contributed by atoms with Crippen LogP contribution in [0.3, 0.4) is 0 Å². The zero-order chi connectivity index (χ0) is 12.8. The average Bonchev–Trinajstić information content (AvgIpc) is 2.42. The van der Waals surface area contributed by atoms with Gasteiger partial charge in [0.05, 0.1) is 6.10 Å². The third kappa shape index (κ3) is 3.19. The molecule has 0 radical (unpaired) electrons. The van der Waals surface area contributed by atoms with E-state index in [9.17, 15) is 5.11 Å². The summed E-state index contributed by atoms with van der Waals surface area (Å²) in [4.78, 5) is 0. The molecular weight excluding hydrogens is 224 g/mol. The van der Waals surface area contributed by atoms with Crippen molar-refractivity contribution in [3.63, 3.8) is 0 Å². The molecule has 0 spiro atoms.